The Morgan fingerprint density at radius 3 is 1.45 bits per heavy atom. The molecular formula is C12H24N2O2S4. The molecule has 0 fully saturated rings. The number of carbonyl (C=O) groups is 2. The van der Waals surface area contributed by atoms with E-state index in [9.17, 15) is 9.59 Å². The molecule has 0 aliphatic rings. The molecule has 0 spiro atoms. The van der Waals surface area contributed by atoms with Gasteiger partial charge >= 0.3 is 0 Å². The largest absolute Gasteiger partial charge is 0.369 e. The number of hydrogen-bond donors (Lipinski definition) is 2. The quantitative estimate of drug-likeness (QED) is 0.386. The monoisotopic (exact) mass is 356 g/mol. The fraction of sp³-hybridized carbons (Fsp3) is 0.833. The third kappa shape index (κ3) is 10.1. The lowest BCUT2D eigenvalue weighted by atomic mass is 10.2. The zero-order valence-corrected chi connectivity index (χ0v) is 15.3. The molecule has 0 saturated carbocycles. The molecule has 2 amide bonds. The minimum Gasteiger partial charge on any atom is -0.369 e. The van der Waals surface area contributed by atoms with E-state index < -0.39 is 0 Å². The first-order chi connectivity index (χ1) is 9.52. The summed E-state index contributed by atoms with van der Waals surface area (Å²) in [5.41, 5.74) is 10.7. The Labute approximate surface area is 136 Å². The lowest BCUT2D eigenvalue weighted by Crippen LogP contribution is -2.25. The summed E-state index contributed by atoms with van der Waals surface area (Å²) in [5.74, 6) is -0.530. The van der Waals surface area contributed by atoms with Crippen LogP contribution >= 0.6 is 41.2 Å². The molecule has 0 rings (SSSR count). The highest BCUT2D eigenvalue weighted by atomic mass is 33.7. The van der Waals surface area contributed by atoms with Crippen LogP contribution in [0.4, 0.5) is 0 Å². The molecule has 2 atom stereocenters. The second-order valence-corrected chi connectivity index (χ2v) is 10.6. The minimum atomic E-state index is -0.265. The Morgan fingerprint density at radius 1 is 0.850 bits per heavy atom. The van der Waals surface area contributed by atoms with Crippen molar-refractivity contribution < 1.29 is 9.59 Å². The highest BCUT2D eigenvalue weighted by molar-refractivity contribution is 9.26. The van der Waals surface area contributed by atoms with E-state index in [1.165, 1.54) is 41.2 Å². The van der Waals surface area contributed by atoms with Gasteiger partial charge in [0.1, 0.15) is 0 Å². The van der Waals surface area contributed by atoms with Gasteiger partial charge in [0.05, 0.1) is 10.5 Å². The zero-order valence-electron chi connectivity index (χ0n) is 12.0. The van der Waals surface area contributed by atoms with Gasteiger partial charge < -0.3 is 11.5 Å². The summed E-state index contributed by atoms with van der Waals surface area (Å²) in [6, 6.07) is 0. The summed E-state index contributed by atoms with van der Waals surface area (Å²) in [6.07, 6.45) is 5.72. The van der Waals surface area contributed by atoms with E-state index in [0.717, 1.165) is 38.5 Å². The fourth-order valence-corrected chi connectivity index (χ4v) is 8.28. The topological polar surface area (TPSA) is 86.2 Å². The van der Waals surface area contributed by atoms with Crippen LogP contribution in [0.1, 0.15) is 52.4 Å². The molecule has 0 bridgehead atoms. The van der Waals surface area contributed by atoms with E-state index in [2.05, 4.69) is 13.8 Å². The molecule has 4 N–H and O–H groups in total. The Bertz CT molecular complexity index is 265. The third-order valence-electron chi connectivity index (χ3n) is 2.61. The summed E-state index contributed by atoms with van der Waals surface area (Å²) in [6.45, 7) is 4.18. The van der Waals surface area contributed by atoms with Crippen LogP contribution in [0.5, 0.6) is 0 Å². The van der Waals surface area contributed by atoms with Gasteiger partial charge in [-0.15, -0.1) is 0 Å². The lowest BCUT2D eigenvalue weighted by molar-refractivity contribution is -0.118. The van der Waals surface area contributed by atoms with Crippen molar-refractivity contribution in [2.24, 2.45) is 11.5 Å². The van der Waals surface area contributed by atoms with Crippen molar-refractivity contribution in [3.8, 4) is 0 Å². The van der Waals surface area contributed by atoms with Crippen LogP contribution in [0.2, 0.25) is 0 Å². The van der Waals surface area contributed by atoms with Gasteiger partial charge in [0, 0.05) is 0 Å². The predicted octanol–water partition coefficient (Wildman–Crippen LogP) is 3.75. The van der Waals surface area contributed by atoms with Gasteiger partial charge in [-0.3, -0.25) is 9.59 Å². The average Bonchev–Trinajstić information content (AvgIpc) is 2.40. The van der Waals surface area contributed by atoms with Gasteiger partial charge in [-0.1, -0.05) is 61.1 Å². The van der Waals surface area contributed by atoms with Crippen LogP contribution in [0.25, 0.3) is 0 Å². The minimum absolute atomic E-state index is 0.157. The summed E-state index contributed by atoms with van der Waals surface area (Å²) >= 11 is 0. The first-order valence-electron chi connectivity index (χ1n) is 6.77. The maximum atomic E-state index is 11.3. The van der Waals surface area contributed by atoms with Gasteiger partial charge in [0.2, 0.25) is 11.8 Å². The van der Waals surface area contributed by atoms with Crippen LogP contribution in [-0.4, -0.2) is 22.3 Å². The third-order valence-corrected chi connectivity index (χ3v) is 9.67. The maximum Gasteiger partial charge on any atom is 0.231 e. The van der Waals surface area contributed by atoms with Crippen molar-refractivity contribution in [1.29, 1.82) is 0 Å². The highest BCUT2D eigenvalue weighted by Gasteiger charge is 2.19. The van der Waals surface area contributed by atoms with Gasteiger partial charge in [-0.25, -0.2) is 0 Å². The number of primary amides is 2. The van der Waals surface area contributed by atoms with Crippen LogP contribution in [0.3, 0.4) is 0 Å². The van der Waals surface area contributed by atoms with Crippen LogP contribution in [-0.2, 0) is 9.59 Å². The summed E-state index contributed by atoms with van der Waals surface area (Å²) in [4.78, 5) is 22.6. The molecule has 0 saturated heterocycles. The van der Waals surface area contributed by atoms with Gasteiger partial charge in [0.15, 0.2) is 0 Å². The number of hydrogen-bond acceptors (Lipinski definition) is 6. The molecule has 2 unspecified atom stereocenters. The number of nitrogens with two attached hydrogens (primary N) is 2. The molecule has 118 valence electrons. The van der Waals surface area contributed by atoms with Crippen LogP contribution in [0.15, 0.2) is 0 Å². The highest BCUT2D eigenvalue weighted by Crippen LogP contribution is 2.48. The molecule has 20 heavy (non-hydrogen) atoms. The molecule has 0 aromatic rings. The first kappa shape index (κ1) is 20.3. The Hall–Kier alpha value is 0.340. The molecule has 4 nitrogen and oxygen atoms in total. The van der Waals surface area contributed by atoms with E-state index >= 15 is 0 Å². The van der Waals surface area contributed by atoms with Crippen molar-refractivity contribution in [1.82, 2.24) is 0 Å². The summed E-state index contributed by atoms with van der Waals surface area (Å²) in [5, 5.41) is -0.313. The average molecular weight is 357 g/mol. The Morgan fingerprint density at radius 2 is 1.20 bits per heavy atom. The molecule has 0 radical (unpaired) electrons. The summed E-state index contributed by atoms with van der Waals surface area (Å²) < 4.78 is 0. The smallest absolute Gasteiger partial charge is 0.231 e. The van der Waals surface area contributed by atoms with E-state index in [1.807, 2.05) is 0 Å². The Balaban J connectivity index is 3.94. The SMILES string of the molecule is CCCCC(SSSSC(CCCC)C(N)=O)C(N)=O. The van der Waals surface area contributed by atoms with Gasteiger partial charge in [-0.05, 0) is 32.5 Å². The van der Waals surface area contributed by atoms with E-state index in [1.54, 1.807) is 0 Å². The van der Waals surface area contributed by atoms with Crippen molar-refractivity contribution in [2.75, 3.05) is 0 Å². The van der Waals surface area contributed by atoms with Crippen molar-refractivity contribution in [3.63, 3.8) is 0 Å². The van der Waals surface area contributed by atoms with E-state index in [-0.39, 0.29) is 22.3 Å². The Kier molecular flexibility index (Phi) is 13.3. The molecular weight excluding hydrogens is 332 g/mol. The maximum absolute atomic E-state index is 11.3. The molecule has 0 aromatic heterocycles. The second kappa shape index (κ2) is 13.0. The zero-order chi connectivity index (χ0) is 15.4. The second-order valence-electron chi connectivity index (χ2n) is 4.40. The molecule has 0 aromatic carbocycles. The summed E-state index contributed by atoms with van der Waals surface area (Å²) in [7, 11) is 5.97. The van der Waals surface area contributed by atoms with Crippen molar-refractivity contribution in [3.05, 3.63) is 0 Å². The lowest BCUT2D eigenvalue weighted by Gasteiger charge is -2.13. The first-order valence-corrected chi connectivity index (χ1v) is 11.7. The molecule has 0 aliphatic carbocycles. The predicted molar refractivity (Wildman–Crippen MR) is 95.4 cm³/mol. The number of unbranched alkanes of at least 4 members (excludes halogenated alkanes) is 2. The molecule has 0 aliphatic heterocycles. The van der Waals surface area contributed by atoms with E-state index in [0.29, 0.717) is 0 Å². The van der Waals surface area contributed by atoms with Crippen LogP contribution < -0.4 is 11.5 Å². The van der Waals surface area contributed by atoms with Crippen molar-refractivity contribution >= 4 is 53.1 Å². The fourth-order valence-electron chi connectivity index (χ4n) is 1.38. The number of rotatable bonds is 13. The van der Waals surface area contributed by atoms with Gasteiger partial charge in [-0.2, -0.15) is 0 Å². The van der Waals surface area contributed by atoms with Crippen molar-refractivity contribution in [2.45, 2.75) is 62.9 Å². The van der Waals surface area contributed by atoms with Crippen LogP contribution in [0, 0.1) is 0 Å². The van der Waals surface area contributed by atoms with Gasteiger partial charge in [0.25, 0.3) is 0 Å². The number of carbonyl (C=O) groups excluding carboxylic acids is 2. The number of amides is 2. The standard InChI is InChI=1S/C12H24N2O2S4/c1-3-5-7-9(11(13)15)17-19-20-18-10(12(14)16)8-6-4-2/h9-10H,3-8H2,1-2H3,(H2,13,15)(H2,14,16). The molecule has 0 heterocycles. The normalized spacial score (nSPS) is 13.9. The van der Waals surface area contributed by atoms with E-state index in [4.69, 9.17) is 11.5 Å². The molecule has 8 heteroatoms.